The summed E-state index contributed by atoms with van der Waals surface area (Å²) in [5, 5.41) is 11.9. The second kappa shape index (κ2) is 5.97. The highest BCUT2D eigenvalue weighted by molar-refractivity contribution is 5.85. The van der Waals surface area contributed by atoms with Crippen LogP contribution in [0.15, 0.2) is 5.16 Å². The van der Waals surface area contributed by atoms with E-state index in [9.17, 15) is 4.79 Å². The molecular weight excluding hydrogens is 222 g/mol. The SMILES string of the molecule is O=C(CN1CCC(=NO)CC1)N1CCOCC1. The van der Waals surface area contributed by atoms with Gasteiger partial charge in [-0.15, -0.1) is 0 Å². The molecule has 17 heavy (non-hydrogen) atoms. The van der Waals surface area contributed by atoms with Crippen LogP contribution in [0.1, 0.15) is 12.8 Å². The molecule has 6 nitrogen and oxygen atoms in total. The van der Waals surface area contributed by atoms with Gasteiger partial charge in [-0.05, 0) is 0 Å². The predicted octanol–water partition coefficient (Wildman–Crippen LogP) is -0.229. The summed E-state index contributed by atoms with van der Waals surface area (Å²) in [5.41, 5.74) is 0.833. The molecule has 0 saturated carbocycles. The molecule has 6 heteroatoms. The highest BCUT2D eigenvalue weighted by Crippen LogP contribution is 2.08. The molecule has 1 amide bonds. The number of rotatable bonds is 2. The van der Waals surface area contributed by atoms with Gasteiger partial charge in [0.15, 0.2) is 0 Å². The Morgan fingerprint density at radius 2 is 1.88 bits per heavy atom. The zero-order valence-corrected chi connectivity index (χ0v) is 9.97. The molecule has 2 rings (SSSR count). The standard InChI is InChI=1S/C11H19N3O3/c15-11(14-5-7-17-8-6-14)9-13-3-1-10(12-16)2-4-13/h16H,1-9H2. The summed E-state index contributed by atoms with van der Waals surface area (Å²) in [7, 11) is 0. The first-order chi connectivity index (χ1) is 8.29. The Balaban J connectivity index is 1.75. The number of carbonyl (C=O) groups is 1. The molecule has 2 aliphatic rings. The molecule has 2 heterocycles. The van der Waals surface area contributed by atoms with E-state index in [1.807, 2.05) is 4.90 Å². The van der Waals surface area contributed by atoms with E-state index in [1.54, 1.807) is 0 Å². The van der Waals surface area contributed by atoms with E-state index in [0.717, 1.165) is 31.6 Å². The Bertz CT molecular complexity index is 290. The van der Waals surface area contributed by atoms with Crippen molar-refractivity contribution >= 4 is 11.6 Å². The van der Waals surface area contributed by atoms with Crippen molar-refractivity contribution in [1.29, 1.82) is 0 Å². The minimum atomic E-state index is 0.178. The van der Waals surface area contributed by atoms with Crippen molar-refractivity contribution < 1.29 is 14.7 Å². The molecule has 2 aliphatic heterocycles. The second-order valence-corrected chi connectivity index (χ2v) is 4.44. The van der Waals surface area contributed by atoms with Crippen LogP contribution >= 0.6 is 0 Å². The van der Waals surface area contributed by atoms with Crippen LogP contribution in [0.3, 0.4) is 0 Å². The number of nitrogens with zero attached hydrogens (tertiary/aromatic N) is 3. The summed E-state index contributed by atoms with van der Waals surface area (Å²) in [6.45, 7) is 4.77. The number of amides is 1. The van der Waals surface area contributed by atoms with Crippen LogP contribution < -0.4 is 0 Å². The normalized spacial score (nSPS) is 22.6. The fourth-order valence-electron chi connectivity index (χ4n) is 2.17. The molecule has 0 aromatic heterocycles. The molecule has 0 bridgehead atoms. The van der Waals surface area contributed by atoms with Crippen LogP contribution in [-0.2, 0) is 9.53 Å². The van der Waals surface area contributed by atoms with Gasteiger partial charge in [-0.25, -0.2) is 0 Å². The fourth-order valence-corrected chi connectivity index (χ4v) is 2.17. The fraction of sp³-hybridized carbons (Fsp3) is 0.818. The Morgan fingerprint density at radius 1 is 1.24 bits per heavy atom. The molecule has 0 atom stereocenters. The molecule has 96 valence electrons. The smallest absolute Gasteiger partial charge is 0.236 e. The summed E-state index contributed by atoms with van der Waals surface area (Å²) in [6, 6.07) is 0. The average molecular weight is 241 g/mol. The van der Waals surface area contributed by atoms with Gasteiger partial charge in [0.05, 0.1) is 25.5 Å². The largest absolute Gasteiger partial charge is 0.411 e. The Morgan fingerprint density at radius 3 is 2.47 bits per heavy atom. The molecule has 0 aromatic carbocycles. The van der Waals surface area contributed by atoms with Crippen LogP contribution in [0.5, 0.6) is 0 Å². The maximum atomic E-state index is 12.0. The van der Waals surface area contributed by atoms with Crippen molar-refractivity contribution in [1.82, 2.24) is 9.80 Å². The zero-order valence-electron chi connectivity index (χ0n) is 9.97. The summed E-state index contributed by atoms with van der Waals surface area (Å²) in [6.07, 6.45) is 1.51. The van der Waals surface area contributed by atoms with E-state index in [4.69, 9.17) is 9.94 Å². The summed E-state index contributed by atoms with van der Waals surface area (Å²) < 4.78 is 5.22. The van der Waals surface area contributed by atoms with Crippen molar-refractivity contribution in [2.45, 2.75) is 12.8 Å². The quantitative estimate of drug-likeness (QED) is 0.536. The van der Waals surface area contributed by atoms with E-state index in [2.05, 4.69) is 10.1 Å². The summed E-state index contributed by atoms with van der Waals surface area (Å²) >= 11 is 0. The first-order valence-electron chi connectivity index (χ1n) is 6.07. The monoisotopic (exact) mass is 241 g/mol. The van der Waals surface area contributed by atoms with E-state index in [0.29, 0.717) is 32.8 Å². The molecule has 1 N–H and O–H groups in total. The number of piperidine rings is 1. The first-order valence-corrected chi connectivity index (χ1v) is 6.07. The van der Waals surface area contributed by atoms with Crippen molar-refractivity contribution in [3.05, 3.63) is 0 Å². The Hall–Kier alpha value is -1.14. The van der Waals surface area contributed by atoms with Gasteiger partial charge in [0, 0.05) is 39.0 Å². The summed E-state index contributed by atoms with van der Waals surface area (Å²) in [4.78, 5) is 15.9. The highest BCUT2D eigenvalue weighted by Gasteiger charge is 2.22. The number of morpholine rings is 1. The van der Waals surface area contributed by atoms with Crippen LogP contribution in [0, 0.1) is 0 Å². The zero-order chi connectivity index (χ0) is 12.1. The van der Waals surface area contributed by atoms with E-state index >= 15 is 0 Å². The first kappa shape index (κ1) is 12.3. The third kappa shape index (κ3) is 3.41. The Labute approximate surface area is 101 Å². The van der Waals surface area contributed by atoms with Crippen LogP contribution in [-0.4, -0.2) is 72.6 Å². The minimum Gasteiger partial charge on any atom is -0.411 e. The number of likely N-dealkylation sites (tertiary alicyclic amines) is 1. The lowest BCUT2D eigenvalue weighted by Crippen LogP contribution is -2.47. The molecule has 0 unspecified atom stereocenters. The topological polar surface area (TPSA) is 65.4 Å². The molecule has 0 aliphatic carbocycles. The lowest BCUT2D eigenvalue weighted by molar-refractivity contribution is -0.136. The predicted molar refractivity (Wildman–Crippen MR) is 62.3 cm³/mol. The van der Waals surface area contributed by atoms with Crippen LogP contribution in [0.4, 0.5) is 0 Å². The Kier molecular flexibility index (Phi) is 4.33. The van der Waals surface area contributed by atoms with Gasteiger partial charge in [0.1, 0.15) is 0 Å². The van der Waals surface area contributed by atoms with Gasteiger partial charge in [-0.3, -0.25) is 9.69 Å². The minimum absolute atomic E-state index is 0.178. The number of carbonyl (C=O) groups excluding carboxylic acids is 1. The maximum absolute atomic E-state index is 12.0. The van der Waals surface area contributed by atoms with Crippen molar-refractivity contribution in [2.75, 3.05) is 45.9 Å². The molecule has 2 fully saturated rings. The van der Waals surface area contributed by atoms with Gasteiger partial charge < -0.3 is 14.8 Å². The number of hydrogen-bond donors (Lipinski definition) is 1. The van der Waals surface area contributed by atoms with Gasteiger partial charge in [0.2, 0.25) is 5.91 Å². The van der Waals surface area contributed by atoms with Gasteiger partial charge >= 0.3 is 0 Å². The molecule has 0 spiro atoms. The highest BCUT2D eigenvalue weighted by atomic mass is 16.5. The van der Waals surface area contributed by atoms with Crippen LogP contribution in [0.25, 0.3) is 0 Å². The van der Waals surface area contributed by atoms with Crippen molar-refractivity contribution in [3.8, 4) is 0 Å². The molecular formula is C11H19N3O3. The maximum Gasteiger partial charge on any atom is 0.236 e. The molecule has 0 aromatic rings. The van der Waals surface area contributed by atoms with Crippen molar-refractivity contribution in [2.24, 2.45) is 5.16 Å². The third-order valence-corrected chi connectivity index (χ3v) is 3.30. The molecule has 2 saturated heterocycles. The van der Waals surface area contributed by atoms with Gasteiger partial charge in [-0.2, -0.15) is 0 Å². The lowest BCUT2D eigenvalue weighted by atomic mass is 10.1. The second-order valence-electron chi connectivity index (χ2n) is 4.44. The number of oxime groups is 1. The lowest BCUT2D eigenvalue weighted by Gasteiger charge is -2.31. The average Bonchev–Trinajstić information content (AvgIpc) is 2.40. The number of hydrogen-bond acceptors (Lipinski definition) is 5. The molecule has 0 radical (unpaired) electrons. The van der Waals surface area contributed by atoms with Gasteiger partial charge in [-0.1, -0.05) is 5.16 Å². The van der Waals surface area contributed by atoms with Crippen molar-refractivity contribution in [3.63, 3.8) is 0 Å². The third-order valence-electron chi connectivity index (χ3n) is 3.30. The summed E-state index contributed by atoms with van der Waals surface area (Å²) in [5.74, 6) is 0.178. The van der Waals surface area contributed by atoms with Gasteiger partial charge in [0.25, 0.3) is 0 Å². The van der Waals surface area contributed by atoms with E-state index in [-0.39, 0.29) is 5.91 Å². The van der Waals surface area contributed by atoms with E-state index < -0.39 is 0 Å². The van der Waals surface area contributed by atoms with E-state index in [1.165, 1.54) is 0 Å². The van der Waals surface area contributed by atoms with Crippen LogP contribution in [0.2, 0.25) is 0 Å². The number of ether oxygens (including phenoxy) is 1.